The molecule has 0 spiro atoms. The minimum absolute atomic E-state index is 0.212. The zero-order valence-corrected chi connectivity index (χ0v) is 31.0. The van der Waals surface area contributed by atoms with E-state index in [9.17, 15) is 0 Å². The van der Waals surface area contributed by atoms with Gasteiger partial charge in [-0.2, -0.15) is 0 Å². The summed E-state index contributed by atoms with van der Waals surface area (Å²) in [5.41, 5.74) is 15.0. The first-order valence-corrected chi connectivity index (χ1v) is 19.5. The Morgan fingerprint density at radius 2 is 1.24 bits per heavy atom. The molecule has 0 saturated carbocycles. The van der Waals surface area contributed by atoms with Crippen molar-refractivity contribution >= 4 is 32.7 Å². The lowest BCUT2D eigenvalue weighted by Gasteiger charge is -2.35. The molecule has 4 heteroatoms. The fourth-order valence-electron chi connectivity index (χ4n) is 9.34. The standard InChI is InChI=1S/C51H39N3O/c1-51(2)41-20-10-13-23-46(41)55-49-42(51)30-28-38-37-18-9-12-22-44(37)54(48(38)49)45-31-29-39(35-16-6-7-17-36(35)45)50-52-43-21-11-8-19-40(43)47(53-50)34-26-24-33(25-27-34)32-14-4-3-5-15-32/h3-5,8-15,18-31H,6-7,16-17H2,1-2H3. The molecule has 0 bridgehead atoms. The summed E-state index contributed by atoms with van der Waals surface area (Å²) in [7, 11) is 0. The Balaban J connectivity index is 1.12. The third-order valence-corrected chi connectivity index (χ3v) is 12.1. The second kappa shape index (κ2) is 12.3. The Bertz CT molecular complexity index is 2970. The van der Waals surface area contributed by atoms with Crippen molar-refractivity contribution in [2.24, 2.45) is 0 Å². The zero-order chi connectivity index (χ0) is 36.7. The third kappa shape index (κ3) is 4.91. The van der Waals surface area contributed by atoms with Crippen molar-refractivity contribution in [3.05, 3.63) is 174 Å². The molecule has 55 heavy (non-hydrogen) atoms. The van der Waals surface area contributed by atoms with Crippen LogP contribution in [0, 0.1) is 0 Å². The maximum Gasteiger partial charge on any atom is 0.160 e. The van der Waals surface area contributed by atoms with Gasteiger partial charge in [-0.15, -0.1) is 0 Å². The van der Waals surface area contributed by atoms with E-state index in [-0.39, 0.29) is 5.41 Å². The van der Waals surface area contributed by atoms with Gasteiger partial charge in [-0.3, -0.25) is 0 Å². The smallest absolute Gasteiger partial charge is 0.160 e. The van der Waals surface area contributed by atoms with E-state index in [2.05, 4.69) is 170 Å². The number of hydrogen-bond donors (Lipinski definition) is 0. The number of para-hydroxylation sites is 3. The van der Waals surface area contributed by atoms with Crippen molar-refractivity contribution in [2.75, 3.05) is 0 Å². The molecule has 0 saturated heterocycles. The predicted molar refractivity (Wildman–Crippen MR) is 225 cm³/mol. The number of benzene rings is 7. The van der Waals surface area contributed by atoms with E-state index in [1.807, 2.05) is 0 Å². The van der Waals surface area contributed by atoms with Crippen LogP contribution >= 0.6 is 0 Å². The van der Waals surface area contributed by atoms with E-state index < -0.39 is 0 Å². The molecule has 1 aliphatic carbocycles. The minimum atomic E-state index is -0.212. The summed E-state index contributed by atoms with van der Waals surface area (Å²) in [6.45, 7) is 4.64. The van der Waals surface area contributed by atoms with Crippen LogP contribution in [0.25, 0.3) is 72.2 Å². The lowest BCUT2D eigenvalue weighted by atomic mass is 9.75. The van der Waals surface area contributed by atoms with E-state index in [1.165, 1.54) is 55.4 Å². The van der Waals surface area contributed by atoms with Crippen molar-refractivity contribution in [3.63, 3.8) is 0 Å². The van der Waals surface area contributed by atoms with Gasteiger partial charge in [-0.1, -0.05) is 135 Å². The maximum absolute atomic E-state index is 6.94. The Hall–Kier alpha value is -6.52. The molecule has 11 rings (SSSR count). The zero-order valence-electron chi connectivity index (χ0n) is 31.0. The normalized spacial score (nSPS) is 14.4. The third-order valence-electron chi connectivity index (χ3n) is 12.1. The van der Waals surface area contributed by atoms with Gasteiger partial charge in [0.25, 0.3) is 0 Å². The summed E-state index contributed by atoms with van der Waals surface area (Å²) in [5.74, 6) is 2.67. The molecule has 3 heterocycles. The lowest BCUT2D eigenvalue weighted by Crippen LogP contribution is -2.24. The molecular weight excluding hydrogens is 671 g/mol. The van der Waals surface area contributed by atoms with E-state index in [0.29, 0.717) is 0 Å². The van der Waals surface area contributed by atoms with Gasteiger partial charge >= 0.3 is 0 Å². The predicted octanol–water partition coefficient (Wildman–Crippen LogP) is 13.0. The highest BCUT2D eigenvalue weighted by molar-refractivity contribution is 6.12. The molecule has 1 aliphatic heterocycles. The van der Waals surface area contributed by atoms with Gasteiger partial charge in [0.1, 0.15) is 5.75 Å². The average molecular weight is 710 g/mol. The molecule has 0 fully saturated rings. The van der Waals surface area contributed by atoms with Crippen LogP contribution in [0.2, 0.25) is 0 Å². The summed E-state index contributed by atoms with van der Waals surface area (Å²) >= 11 is 0. The molecule has 264 valence electrons. The van der Waals surface area contributed by atoms with Gasteiger partial charge in [0, 0.05) is 49.5 Å². The largest absolute Gasteiger partial charge is 0.454 e. The van der Waals surface area contributed by atoms with Gasteiger partial charge in [-0.25, -0.2) is 9.97 Å². The monoisotopic (exact) mass is 709 g/mol. The first-order valence-electron chi connectivity index (χ1n) is 19.5. The highest BCUT2D eigenvalue weighted by Gasteiger charge is 2.36. The van der Waals surface area contributed by atoms with Gasteiger partial charge in [0.2, 0.25) is 0 Å². The quantitative estimate of drug-likeness (QED) is 0.183. The number of ether oxygens (including phenoxy) is 1. The molecule has 2 aliphatic rings. The Morgan fingerprint density at radius 1 is 0.545 bits per heavy atom. The molecule has 0 radical (unpaired) electrons. The molecule has 2 aromatic heterocycles. The average Bonchev–Trinajstić information content (AvgIpc) is 3.58. The number of rotatable bonds is 4. The molecule has 0 amide bonds. The van der Waals surface area contributed by atoms with Crippen LogP contribution in [0.1, 0.15) is 48.9 Å². The molecule has 0 N–H and O–H groups in total. The maximum atomic E-state index is 6.94. The van der Waals surface area contributed by atoms with Crippen molar-refractivity contribution in [1.29, 1.82) is 0 Å². The molecular formula is C51H39N3O. The Labute approximate surface area is 320 Å². The molecule has 7 aromatic carbocycles. The van der Waals surface area contributed by atoms with Gasteiger partial charge < -0.3 is 9.30 Å². The summed E-state index contributed by atoms with van der Waals surface area (Å²) in [4.78, 5) is 10.7. The summed E-state index contributed by atoms with van der Waals surface area (Å²) in [6.07, 6.45) is 4.27. The summed E-state index contributed by atoms with van der Waals surface area (Å²) in [6, 6.07) is 54.2. The van der Waals surface area contributed by atoms with E-state index in [1.54, 1.807) is 0 Å². The second-order valence-corrected chi connectivity index (χ2v) is 15.6. The van der Waals surface area contributed by atoms with Crippen LogP contribution in [0.5, 0.6) is 11.5 Å². The topological polar surface area (TPSA) is 39.9 Å². The van der Waals surface area contributed by atoms with E-state index >= 15 is 0 Å². The van der Waals surface area contributed by atoms with Crippen LogP contribution in [0.3, 0.4) is 0 Å². The number of hydrogen-bond acceptors (Lipinski definition) is 3. The molecule has 9 aromatic rings. The van der Waals surface area contributed by atoms with Crippen molar-refractivity contribution < 1.29 is 4.74 Å². The molecule has 0 atom stereocenters. The van der Waals surface area contributed by atoms with Crippen LogP contribution in [-0.2, 0) is 18.3 Å². The Kier molecular flexibility index (Phi) is 7.12. The fourth-order valence-corrected chi connectivity index (χ4v) is 9.34. The summed E-state index contributed by atoms with van der Waals surface area (Å²) < 4.78 is 9.43. The molecule has 4 nitrogen and oxygen atoms in total. The summed E-state index contributed by atoms with van der Waals surface area (Å²) in [5, 5.41) is 3.50. The molecule has 0 unspecified atom stereocenters. The first-order chi connectivity index (χ1) is 27.0. The van der Waals surface area contributed by atoms with E-state index in [4.69, 9.17) is 14.7 Å². The fraction of sp³-hybridized carbons (Fsp3) is 0.137. The van der Waals surface area contributed by atoms with Gasteiger partial charge in [0.15, 0.2) is 11.6 Å². The van der Waals surface area contributed by atoms with Crippen molar-refractivity contribution in [2.45, 2.75) is 44.9 Å². The minimum Gasteiger partial charge on any atom is -0.454 e. The van der Waals surface area contributed by atoms with Crippen LogP contribution < -0.4 is 4.74 Å². The van der Waals surface area contributed by atoms with Crippen LogP contribution in [-0.4, -0.2) is 14.5 Å². The SMILES string of the molecule is CC1(C)c2ccccc2Oc2c1ccc1c3ccccc3n(-c3ccc(-c4nc(-c5ccc(-c6ccccc6)cc5)c5ccccc5n4)c4c3CCCC4)c21. The van der Waals surface area contributed by atoms with Crippen LogP contribution in [0.4, 0.5) is 0 Å². The second-order valence-electron chi connectivity index (χ2n) is 15.6. The van der Waals surface area contributed by atoms with E-state index in [0.717, 1.165) is 76.2 Å². The Morgan fingerprint density at radius 3 is 2.09 bits per heavy atom. The van der Waals surface area contributed by atoms with Gasteiger partial charge in [-0.05, 0) is 78.3 Å². The lowest BCUT2D eigenvalue weighted by molar-refractivity contribution is 0.421. The number of fused-ring (bicyclic) bond motifs is 8. The number of nitrogens with zero attached hydrogens (tertiary/aromatic N) is 3. The van der Waals surface area contributed by atoms with Crippen molar-refractivity contribution in [3.8, 4) is 51.0 Å². The highest BCUT2D eigenvalue weighted by atomic mass is 16.5. The van der Waals surface area contributed by atoms with Gasteiger partial charge in [0.05, 0.1) is 22.2 Å². The van der Waals surface area contributed by atoms with Crippen LogP contribution in [0.15, 0.2) is 152 Å². The first kappa shape index (κ1) is 32.0. The highest BCUT2D eigenvalue weighted by Crippen LogP contribution is 2.52. The number of aromatic nitrogens is 3. The van der Waals surface area contributed by atoms with Crippen molar-refractivity contribution in [1.82, 2.24) is 14.5 Å².